The van der Waals surface area contributed by atoms with Gasteiger partial charge in [-0.1, -0.05) is 6.92 Å². The van der Waals surface area contributed by atoms with Gasteiger partial charge >= 0.3 is 13.6 Å². The Morgan fingerprint density at radius 1 is 1.53 bits per heavy atom. The first kappa shape index (κ1) is 16.9. The fourth-order valence-electron chi connectivity index (χ4n) is 0.830. The van der Waals surface area contributed by atoms with E-state index in [0.29, 0.717) is 5.75 Å². The number of hydrogen-bond donors (Lipinski definition) is 4. The van der Waals surface area contributed by atoms with Crippen molar-refractivity contribution in [2.75, 3.05) is 12.3 Å². The second kappa shape index (κ2) is 8.07. The predicted molar refractivity (Wildman–Crippen MR) is 66.7 cm³/mol. The summed E-state index contributed by atoms with van der Waals surface area (Å²) in [6.07, 6.45) is 0. The maximum absolute atomic E-state index is 11.8. The molecule has 17 heavy (non-hydrogen) atoms. The molecule has 0 saturated heterocycles. The van der Waals surface area contributed by atoms with E-state index >= 15 is 0 Å². The van der Waals surface area contributed by atoms with Crippen LogP contribution in [-0.2, 0) is 14.0 Å². The van der Waals surface area contributed by atoms with Gasteiger partial charge in [-0.3, -0.25) is 14.7 Å². The third-order valence-electron chi connectivity index (χ3n) is 1.47. The first-order valence-corrected chi connectivity index (χ1v) is 7.82. The molecule has 0 aromatic rings. The smallest absolute Gasteiger partial charge is 0.371 e. The molecule has 0 heterocycles. The Morgan fingerprint density at radius 2 is 2.12 bits per heavy atom. The van der Waals surface area contributed by atoms with E-state index in [1.54, 1.807) is 20.8 Å². The number of hydrogen-bond acceptors (Lipinski definition) is 6. The van der Waals surface area contributed by atoms with Crippen LogP contribution in [0.1, 0.15) is 20.8 Å². The average molecular weight is 286 g/mol. The van der Waals surface area contributed by atoms with Crippen molar-refractivity contribution in [2.24, 2.45) is 0 Å². The summed E-state index contributed by atoms with van der Waals surface area (Å²) in [5.41, 5.74) is 2.40. The van der Waals surface area contributed by atoms with Crippen LogP contribution in [0.15, 0.2) is 0 Å². The molecule has 0 amide bonds. The fourth-order valence-corrected chi connectivity index (χ4v) is 3.46. The molecule has 0 saturated carbocycles. The molecular formula is C8H19N2O5PS. The first-order valence-electron chi connectivity index (χ1n) is 5.13. The minimum Gasteiger partial charge on any atom is -0.480 e. The molecule has 0 aliphatic carbocycles. The lowest BCUT2D eigenvalue weighted by atomic mass is 10.4. The van der Waals surface area contributed by atoms with E-state index < -0.39 is 25.2 Å². The van der Waals surface area contributed by atoms with Crippen LogP contribution in [0.2, 0.25) is 0 Å². The second-order valence-corrected chi connectivity index (χ2v) is 7.07. The van der Waals surface area contributed by atoms with Gasteiger partial charge in [-0.2, -0.15) is 5.48 Å². The first-order chi connectivity index (χ1) is 7.79. The highest BCUT2D eigenvalue weighted by Gasteiger charge is 2.33. The van der Waals surface area contributed by atoms with Gasteiger partial charge in [0.25, 0.3) is 0 Å². The van der Waals surface area contributed by atoms with Crippen molar-refractivity contribution in [3.05, 3.63) is 0 Å². The standard InChI is InChI=1S/C8H19N2O5PS/c1-4-17-8(9-5-7(11)12)16(13,14)15-10-6(2)3/h6,8-10H,4-5H2,1-3H3,(H,11,12)(H,13,14). The van der Waals surface area contributed by atoms with Gasteiger partial charge in [0.05, 0.1) is 6.54 Å². The number of carboxylic acids is 1. The van der Waals surface area contributed by atoms with E-state index in [4.69, 9.17) is 9.73 Å². The van der Waals surface area contributed by atoms with Crippen LogP contribution >= 0.6 is 19.4 Å². The van der Waals surface area contributed by atoms with Gasteiger partial charge in [0, 0.05) is 6.04 Å². The Bertz CT molecular complexity index is 289. The van der Waals surface area contributed by atoms with Crippen molar-refractivity contribution < 1.29 is 24.0 Å². The van der Waals surface area contributed by atoms with Gasteiger partial charge in [0.15, 0.2) is 5.11 Å². The number of rotatable bonds is 9. The van der Waals surface area contributed by atoms with Crippen molar-refractivity contribution in [2.45, 2.75) is 31.9 Å². The summed E-state index contributed by atoms with van der Waals surface area (Å²) in [6.45, 7) is 4.92. The van der Waals surface area contributed by atoms with Crippen LogP contribution in [0.4, 0.5) is 0 Å². The molecule has 0 rings (SSSR count). The van der Waals surface area contributed by atoms with E-state index in [9.17, 15) is 14.3 Å². The van der Waals surface area contributed by atoms with Crippen molar-refractivity contribution in [3.63, 3.8) is 0 Å². The Labute approximate surface area is 105 Å². The topological polar surface area (TPSA) is 108 Å². The summed E-state index contributed by atoms with van der Waals surface area (Å²) in [5.74, 6) is -0.532. The molecule has 2 atom stereocenters. The Kier molecular flexibility index (Phi) is 8.02. The zero-order chi connectivity index (χ0) is 13.5. The normalized spacial score (nSPS) is 16.8. The quantitative estimate of drug-likeness (QED) is 0.280. The molecule has 0 radical (unpaired) electrons. The Morgan fingerprint density at radius 3 is 2.53 bits per heavy atom. The molecule has 4 N–H and O–H groups in total. The number of thioether (sulfide) groups is 1. The lowest BCUT2D eigenvalue weighted by Crippen LogP contribution is -2.34. The van der Waals surface area contributed by atoms with Crippen LogP contribution in [0.5, 0.6) is 0 Å². The SMILES string of the molecule is CCSC(NCC(=O)O)P(=O)(O)ONC(C)C. The Hall–Kier alpha value is -0.110. The maximum atomic E-state index is 11.8. The van der Waals surface area contributed by atoms with Gasteiger partial charge in [-0.15, -0.1) is 11.8 Å². The van der Waals surface area contributed by atoms with Gasteiger partial charge in [-0.25, -0.2) is 4.62 Å². The molecule has 0 fully saturated rings. The summed E-state index contributed by atoms with van der Waals surface area (Å²) in [6, 6.07) is -0.109. The zero-order valence-corrected chi connectivity index (χ0v) is 11.8. The van der Waals surface area contributed by atoms with E-state index in [1.165, 1.54) is 0 Å². The predicted octanol–water partition coefficient (Wildman–Crippen LogP) is 0.812. The molecule has 0 bridgehead atoms. The van der Waals surface area contributed by atoms with Crippen LogP contribution in [0.25, 0.3) is 0 Å². The highest BCUT2D eigenvalue weighted by atomic mass is 32.2. The average Bonchev–Trinajstić information content (AvgIpc) is 2.21. The molecule has 9 heteroatoms. The maximum Gasteiger partial charge on any atom is 0.371 e. The van der Waals surface area contributed by atoms with Crippen LogP contribution < -0.4 is 10.8 Å². The monoisotopic (exact) mass is 286 g/mol. The molecule has 0 aliphatic heterocycles. The summed E-state index contributed by atoms with van der Waals surface area (Å²) < 4.78 is 16.5. The lowest BCUT2D eigenvalue weighted by Gasteiger charge is -2.22. The third kappa shape index (κ3) is 7.75. The molecule has 2 unspecified atom stereocenters. The van der Waals surface area contributed by atoms with E-state index in [-0.39, 0.29) is 6.04 Å². The molecule has 0 aromatic carbocycles. The second-order valence-electron chi connectivity index (χ2n) is 3.51. The lowest BCUT2D eigenvalue weighted by molar-refractivity contribution is -0.135. The minimum absolute atomic E-state index is 0.109. The van der Waals surface area contributed by atoms with Crippen molar-refractivity contribution in [1.29, 1.82) is 0 Å². The van der Waals surface area contributed by atoms with Crippen molar-refractivity contribution in [1.82, 2.24) is 10.8 Å². The van der Waals surface area contributed by atoms with Crippen molar-refractivity contribution >= 4 is 25.3 Å². The fraction of sp³-hybridized carbons (Fsp3) is 0.875. The molecule has 0 spiro atoms. The highest BCUT2D eigenvalue weighted by molar-refractivity contribution is 8.05. The number of carbonyl (C=O) groups is 1. The molecule has 7 nitrogen and oxygen atoms in total. The number of carboxylic acid groups (broad SMARTS) is 1. The van der Waals surface area contributed by atoms with Gasteiger partial charge < -0.3 is 10.00 Å². The summed E-state index contributed by atoms with van der Waals surface area (Å²) in [4.78, 5) is 20.1. The molecule has 0 aromatic heterocycles. The summed E-state index contributed by atoms with van der Waals surface area (Å²) in [5, 5.41) is 10.0. The molecule has 0 aliphatic rings. The molecule has 102 valence electrons. The van der Waals surface area contributed by atoms with Crippen LogP contribution in [-0.4, -0.2) is 39.4 Å². The Balaban J connectivity index is 4.43. The minimum atomic E-state index is -3.95. The highest BCUT2D eigenvalue weighted by Crippen LogP contribution is 2.49. The van der Waals surface area contributed by atoms with E-state index in [1.807, 2.05) is 0 Å². The van der Waals surface area contributed by atoms with Crippen molar-refractivity contribution in [3.8, 4) is 0 Å². The van der Waals surface area contributed by atoms with Gasteiger partial charge in [0.1, 0.15) is 0 Å². The number of hydroxylamine groups is 1. The largest absolute Gasteiger partial charge is 0.480 e. The zero-order valence-electron chi connectivity index (χ0n) is 10.0. The van der Waals surface area contributed by atoms with E-state index in [0.717, 1.165) is 11.8 Å². The van der Waals surface area contributed by atoms with Gasteiger partial charge in [0.2, 0.25) is 0 Å². The summed E-state index contributed by atoms with van der Waals surface area (Å²) in [7, 11) is -3.95. The van der Waals surface area contributed by atoms with Crippen LogP contribution in [0.3, 0.4) is 0 Å². The summed E-state index contributed by atoms with van der Waals surface area (Å²) >= 11 is 1.12. The molecular weight excluding hydrogens is 267 g/mol. The number of aliphatic carboxylic acids is 1. The van der Waals surface area contributed by atoms with E-state index in [2.05, 4.69) is 10.8 Å². The van der Waals surface area contributed by atoms with Gasteiger partial charge in [-0.05, 0) is 19.6 Å². The third-order valence-corrected chi connectivity index (χ3v) is 4.67. The van der Waals surface area contributed by atoms with Crippen LogP contribution in [0, 0.1) is 0 Å². The number of nitrogens with one attached hydrogen (secondary N) is 2.